The minimum Gasteiger partial charge on any atom is -0.508 e. The number of aromatic hydroxyl groups is 1. The quantitative estimate of drug-likeness (QED) is 0.0120. The second kappa shape index (κ2) is 49.6. The first-order chi connectivity index (χ1) is 54.8. The highest BCUT2D eigenvalue weighted by molar-refractivity contribution is 7.87. The Morgan fingerprint density at radius 2 is 1.02 bits per heavy atom. The van der Waals surface area contributed by atoms with Crippen LogP contribution in [-0.2, 0) is 109 Å². The summed E-state index contributed by atoms with van der Waals surface area (Å²) >= 11 is 0. The number of aliphatic hydroxyl groups is 1. The van der Waals surface area contributed by atoms with E-state index in [1.54, 1.807) is 71.9 Å². The zero-order valence-corrected chi connectivity index (χ0v) is 68.0. The number of guanidine groups is 1. The van der Waals surface area contributed by atoms with E-state index >= 15 is 0 Å². The van der Waals surface area contributed by atoms with Crippen molar-refractivity contribution in [2.24, 2.45) is 41.1 Å². The van der Waals surface area contributed by atoms with Gasteiger partial charge in [0.1, 0.15) is 54.1 Å². The summed E-state index contributed by atoms with van der Waals surface area (Å²) in [6.07, 6.45) is -5.25. The van der Waals surface area contributed by atoms with Crippen molar-refractivity contribution in [2.45, 2.75) is 250 Å². The molecule has 117 heavy (non-hydrogen) atoms. The van der Waals surface area contributed by atoms with Gasteiger partial charge in [-0.1, -0.05) is 117 Å². The molecule has 1 aliphatic rings. The summed E-state index contributed by atoms with van der Waals surface area (Å²) in [4.78, 5) is 234. The number of primary amides is 1. The van der Waals surface area contributed by atoms with Gasteiger partial charge in [0, 0.05) is 57.4 Å². The summed E-state index contributed by atoms with van der Waals surface area (Å²) in [5.74, 6) is -20.7. The van der Waals surface area contributed by atoms with Gasteiger partial charge in [0.15, 0.2) is 17.0 Å². The van der Waals surface area contributed by atoms with Gasteiger partial charge in [-0.25, -0.2) is 4.79 Å². The van der Waals surface area contributed by atoms with Crippen LogP contribution >= 0.6 is 0 Å². The Bertz CT molecular complexity index is 3920. The van der Waals surface area contributed by atoms with Crippen LogP contribution in [0, 0.1) is 35.0 Å². The Hall–Kier alpha value is -11.2. The van der Waals surface area contributed by atoms with Crippen molar-refractivity contribution in [3.8, 4) is 5.75 Å². The van der Waals surface area contributed by atoms with Crippen molar-refractivity contribution in [2.75, 3.05) is 13.1 Å². The highest BCUT2D eigenvalue weighted by Crippen LogP contribution is 2.23. The van der Waals surface area contributed by atoms with Gasteiger partial charge in [-0.05, 0) is 105 Å². The van der Waals surface area contributed by atoms with Crippen molar-refractivity contribution < 1.29 is 120 Å². The lowest BCUT2D eigenvalue weighted by molar-refractivity contribution is -0.197. The second-order valence-electron chi connectivity index (χ2n) is 30.1. The zero-order chi connectivity index (χ0) is 88.1. The molecule has 1 heterocycles. The van der Waals surface area contributed by atoms with Crippen molar-refractivity contribution in [1.82, 2.24) is 63.5 Å². The molecule has 41 heteroatoms. The minimum absolute atomic E-state index is 0.0135. The van der Waals surface area contributed by atoms with Crippen molar-refractivity contribution in [3.63, 3.8) is 0 Å². The number of ketones is 1. The van der Waals surface area contributed by atoms with Crippen molar-refractivity contribution >= 4 is 117 Å². The van der Waals surface area contributed by atoms with Gasteiger partial charge in [0.25, 0.3) is 21.9 Å². The highest BCUT2D eigenvalue weighted by Gasteiger charge is 2.49. The van der Waals surface area contributed by atoms with Crippen LogP contribution in [0.5, 0.6) is 5.75 Å². The molecule has 1 unspecified atom stereocenters. The standard InChI is InChI=1S/C76H115N15O25S/c1-10-43(8)64(55(94)37-47(66(77)103)33-40(2)3)89-69(106)51(29-31-61(100)101)84-68(105)50(28-30-60(98)99)85-72(109)54(35-45-19-14-13-15-20-45)87-70(107)52(34-41(4)5)86-67(104)49(21-18-32-80-76(78)79)83-71(108)53(36-46-24-26-48(93)27-25-46)82-58(96)39-81-73(110)65(44(9)92)90-74(111)63(42(6)7)88-57(95)22-16-11-12-17-23-62(102)116-91-59(97)38-56(75(91)112)117(113,114)115/h13-15,19-20,24-27,40-44,47,49-54,56,63-65,92-93H,10-12,16-18,21-23,28-39H2,1-9H3,(H2,77,103)(H,81,110)(H,82,96)(H,83,108)(H,84,105)(H,85,109)(H,86,104)(H,87,107)(H,88,95)(H,89,106)(H,90,111)(H,98,99)(H,100,101)(H4,78,79,80)(H,113,114,115)/t43-,44+,47+,49-,50-,51-,52-,53-,54-,56?,63-,64-,65-/m0/s1. The van der Waals surface area contributed by atoms with Crippen LogP contribution < -0.4 is 70.0 Å². The van der Waals surface area contributed by atoms with Crippen LogP contribution in [0.3, 0.4) is 0 Å². The lowest BCUT2D eigenvalue weighted by Crippen LogP contribution is -2.61. The number of carbonyl (C=O) groups is 17. The molecule has 2 aromatic carbocycles. The fourth-order valence-corrected chi connectivity index (χ4v) is 13.0. The third-order valence-corrected chi connectivity index (χ3v) is 19.9. The number of rotatable bonds is 54. The normalized spacial score (nSPS) is 15.8. The number of nitrogens with zero attached hydrogens (tertiary/aromatic N) is 1. The van der Waals surface area contributed by atoms with Crippen molar-refractivity contribution in [3.05, 3.63) is 65.7 Å². The van der Waals surface area contributed by atoms with E-state index in [-0.39, 0.29) is 93.9 Å². The van der Waals surface area contributed by atoms with Gasteiger partial charge in [-0.3, -0.25) is 86.7 Å². The lowest BCUT2D eigenvalue weighted by atomic mass is 9.86. The van der Waals surface area contributed by atoms with E-state index < -0.39 is 245 Å². The molecule has 3 rings (SSSR count). The predicted molar refractivity (Wildman–Crippen MR) is 418 cm³/mol. The number of Topliss-reactive ketones (excluding diaryl/α,β-unsaturated/α-hetero) is 1. The molecule has 0 aromatic heterocycles. The first-order valence-electron chi connectivity index (χ1n) is 38.7. The molecule has 1 aliphatic heterocycles. The molecule has 1 saturated heterocycles. The molecule has 13 amide bonds. The summed E-state index contributed by atoms with van der Waals surface area (Å²) in [5, 5.41) is 73.8. The van der Waals surface area contributed by atoms with Crippen LogP contribution in [0.25, 0.3) is 0 Å². The maximum absolute atomic E-state index is 14.8. The molecule has 0 radical (unpaired) electrons. The summed E-state index contributed by atoms with van der Waals surface area (Å²) < 4.78 is 32.0. The highest BCUT2D eigenvalue weighted by atomic mass is 32.2. The molecular weight excluding hydrogens is 1550 g/mol. The zero-order valence-electron chi connectivity index (χ0n) is 67.2. The van der Waals surface area contributed by atoms with Crippen molar-refractivity contribution in [1.29, 1.82) is 5.41 Å². The third-order valence-electron chi connectivity index (χ3n) is 18.8. The smallest absolute Gasteiger partial charge is 0.333 e. The molecule has 0 saturated carbocycles. The number of aliphatic carboxylic acids is 2. The number of phenolic OH excluding ortho intramolecular Hbond substituents is 1. The average molecular weight is 1670 g/mol. The Morgan fingerprint density at radius 3 is 1.50 bits per heavy atom. The monoisotopic (exact) mass is 1670 g/mol. The largest absolute Gasteiger partial charge is 0.508 e. The topological polar surface area (TPSA) is 646 Å². The number of carboxylic acids is 2. The number of hydrogen-bond acceptors (Lipinski definition) is 23. The Morgan fingerprint density at radius 1 is 0.538 bits per heavy atom. The molecule has 0 aliphatic carbocycles. The number of hydrogen-bond donors (Lipinski definition) is 19. The van der Waals surface area contributed by atoms with Gasteiger partial charge in [-0.15, -0.1) is 5.06 Å². The van der Waals surface area contributed by atoms with Gasteiger partial charge in [-0.2, -0.15) is 8.42 Å². The fourth-order valence-electron chi connectivity index (χ4n) is 12.3. The van der Waals surface area contributed by atoms with E-state index in [9.17, 15) is 115 Å². The molecule has 0 bridgehead atoms. The van der Waals surface area contributed by atoms with Crippen LogP contribution in [-0.4, -0.2) is 224 Å². The maximum atomic E-state index is 14.8. The number of hydroxylamine groups is 2. The second-order valence-corrected chi connectivity index (χ2v) is 31.7. The van der Waals surface area contributed by atoms with E-state index in [0.717, 1.165) is 6.92 Å². The van der Waals surface area contributed by atoms with E-state index in [0.29, 0.717) is 30.4 Å². The first kappa shape index (κ1) is 100.0. The van der Waals surface area contributed by atoms with Crippen LogP contribution in [0.4, 0.5) is 0 Å². The number of imide groups is 1. The predicted octanol–water partition coefficient (Wildman–Crippen LogP) is -1.30. The summed E-state index contributed by atoms with van der Waals surface area (Å²) in [7, 11) is -4.93. The summed E-state index contributed by atoms with van der Waals surface area (Å²) in [6.45, 7) is 13.8. The number of aliphatic hydroxyl groups excluding tert-OH is 1. The first-order valence-corrected chi connectivity index (χ1v) is 40.2. The van der Waals surface area contributed by atoms with E-state index in [2.05, 4.69) is 58.5 Å². The van der Waals surface area contributed by atoms with E-state index in [4.69, 9.17) is 21.7 Å². The molecule has 1 fully saturated rings. The molecule has 2 aromatic rings. The van der Waals surface area contributed by atoms with Crippen LogP contribution in [0.15, 0.2) is 54.6 Å². The molecule has 40 nitrogen and oxygen atoms in total. The molecule has 0 spiro atoms. The number of nitrogens with two attached hydrogens (primary N) is 2. The molecule has 21 N–H and O–H groups in total. The number of unbranched alkanes of at least 4 members (excludes halogenated alkanes) is 3. The number of nitrogens with one attached hydrogen (secondary N) is 12. The minimum atomic E-state index is -4.93. The fraction of sp³-hybridized carbons (Fsp3) is 0.605. The van der Waals surface area contributed by atoms with Gasteiger partial charge < -0.3 is 95.2 Å². The Kier molecular flexibility index (Phi) is 42.4. The molecule has 13 atom stereocenters. The van der Waals surface area contributed by atoms with Gasteiger partial charge in [0.2, 0.25) is 65.0 Å². The Labute approximate surface area is 678 Å². The Balaban J connectivity index is 1.89. The van der Waals surface area contributed by atoms with Gasteiger partial charge >= 0.3 is 17.9 Å². The van der Waals surface area contributed by atoms with E-state index in [1.807, 2.05) is 13.8 Å². The van der Waals surface area contributed by atoms with Crippen LogP contribution in [0.2, 0.25) is 0 Å². The number of phenols is 1. The SMILES string of the molecule is CC[C@H](C)[C@H](NC(=O)[C@H](CCC(=O)O)NC(=O)[C@H](CCC(=O)O)NC(=O)[C@H](Cc1ccccc1)NC(=O)[C@H](CC(C)C)NC(=O)[C@H](CCCNC(=N)N)NC(=O)[C@H](Cc1ccc(O)cc1)NC(=O)CNC(=O)[C@@H](NC(=O)[C@@H](NC(=O)CCCCCCC(=O)ON1C(=O)CC(S(=O)(=O)O)C1=O)C(C)C)[C@@H](C)O)C(=O)C[C@@H](CC(C)C)C(N)=O. The molecular formula is C76H115N15O25S. The maximum Gasteiger partial charge on any atom is 0.333 e. The lowest BCUT2D eigenvalue weighted by Gasteiger charge is -2.29. The van der Waals surface area contributed by atoms with Gasteiger partial charge in [0.05, 0.1) is 25.1 Å². The number of benzene rings is 2. The summed E-state index contributed by atoms with van der Waals surface area (Å²) in [6, 6.07) is -0.627. The number of carbonyl (C=O) groups excluding carboxylic acids is 15. The summed E-state index contributed by atoms with van der Waals surface area (Å²) in [5.41, 5.74) is 12.0. The molecule has 650 valence electrons. The van der Waals surface area contributed by atoms with Crippen LogP contribution in [0.1, 0.15) is 183 Å². The third kappa shape index (κ3) is 36.6. The average Bonchev–Trinajstić information content (AvgIpc) is 1.66. The number of amides is 13. The number of carboxylic acid groups (broad SMARTS) is 2. The van der Waals surface area contributed by atoms with E-state index in [1.165, 1.54) is 24.3 Å².